The number of nitrogens with zero attached hydrogens (tertiary/aromatic N) is 5. The highest BCUT2D eigenvalue weighted by Gasteiger charge is 2.48. The van der Waals surface area contributed by atoms with Gasteiger partial charge in [0.1, 0.15) is 17.8 Å². The molecule has 28 heavy (non-hydrogen) atoms. The summed E-state index contributed by atoms with van der Waals surface area (Å²) in [5.74, 6) is 1.03. The lowest BCUT2D eigenvalue weighted by molar-refractivity contribution is -0.141. The second kappa shape index (κ2) is 6.15. The van der Waals surface area contributed by atoms with Crippen LogP contribution in [0.15, 0.2) is 30.7 Å². The normalized spacial score (nSPS) is 24.1. The molecule has 1 amide bonds. The van der Waals surface area contributed by atoms with Gasteiger partial charge in [-0.15, -0.1) is 0 Å². The fourth-order valence-corrected chi connectivity index (χ4v) is 4.13. The number of rotatable bonds is 3. The van der Waals surface area contributed by atoms with E-state index in [1.807, 2.05) is 6.07 Å². The minimum Gasteiger partial charge on any atom is -0.352 e. The molecule has 9 heteroatoms. The Morgan fingerprint density at radius 2 is 1.82 bits per heavy atom. The number of alkyl halides is 3. The zero-order chi connectivity index (χ0) is 19.5. The van der Waals surface area contributed by atoms with Crippen LogP contribution in [0.3, 0.4) is 0 Å². The van der Waals surface area contributed by atoms with E-state index in [1.165, 1.54) is 6.07 Å². The Hall–Kier alpha value is -2.71. The maximum atomic E-state index is 12.9. The molecule has 6 rings (SSSR count). The molecule has 6 nitrogen and oxygen atoms in total. The predicted octanol–water partition coefficient (Wildman–Crippen LogP) is 2.87. The summed E-state index contributed by atoms with van der Waals surface area (Å²) in [6.45, 7) is 1.25. The number of anilines is 1. The summed E-state index contributed by atoms with van der Waals surface area (Å²) in [4.78, 5) is 28.7. The molecule has 2 atom stereocenters. The maximum Gasteiger partial charge on any atom is 0.433 e. The molecule has 146 valence electrons. The number of carbonyl (C=O) groups is 1. The molecule has 2 aromatic heterocycles. The molecule has 1 saturated carbocycles. The number of carbonyl (C=O) groups excluding carboxylic acids is 1. The Balaban J connectivity index is 1.31. The molecule has 4 aliphatic rings. The molecule has 0 radical (unpaired) electrons. The second-order valence-electron chi connectivity index (χ2n) is 7.66. The van der Waals surface area contributed by atoms with E-state index in [0.717, 1.165) is 43.0 Å². The average Bonchev–Trinajstić information content (AvgIpc) is 3.53. The highest BCUT2D eigenvalue weighted by atomic mass is 19.4. The lowest BCUT2D eigenvalue weighted by Gasteiger charge is -2.56. The molecule has 4 fully saturated rings. The van der Waals surface area contributed by atoms with Gasteiger partial charge >= 0.3 is 6.18 Å². The molecular formula is C19H18F3N5O. The van der Waals surface area contributed by atoms with E-state index in [2.05, 4.69) is 19.9 Å². The minimum atomic E-state index is -4.57. The van der Waals surface area contributed by atoms with Gasteiger partial charge in [-0.05, 0) is 31.4 Å². The van der Waals surface area contributed by atoms with Crippen molar-refractivity contribution in [2.45, 2.75) is 43.4 Å². The lowest BCUT2D eigenvalue weighted by Crippen LogP contribution is -2.70. The largest absolute Gasteiger partial charge is 0.433 e. The first-order chi connectivity index (χ1) is 13.4. The number of hydrogen-bond acceptors (Lipinski definition) is 5. The van der Waals surface area contributed by atoms with Crippen molar-refractivity contribution in [3.8, 4) is 0 Å². The first-order valence-corrected chi connectivity index (χ1v) is 9.33. The summed E-state index contributed by atoms with van der Waals surface area (Å²) in [6, 6.07) is 4.16. The van der Waals surface area contributed by atoms with Crippen molar-refractivity contribution >= 4 is 11.7 Å². The van der Waals surface area contributed by atoms with Crippen LogP contribution in [0.5, 0.6) is 0 Å². The fourth-order valence-electron chi connectivity index (χ4n) is 4.13. The van der Waals surface area contributed by atoms with Crippen LogP contribution in [0.25, 0.3) is 0 Å². The highest BCUT2D eigenvalue weighted by molar-refractivity contribution is 5.95. The van der Waals surface area contributed by atoms with E-state index in [9.17, 15) is 18.0 Å². The third-order valence-corrected chi connectivity index (χ3v) is 5.72. The molecule has 3 aliphatic heterocycles. The van der Waals surface area contributed by atoms with Crippen LogP contribution < -0.4 is 4.90 Å². The summed E-state index contributed by atoms with van der Waals surface area (Å²) in [5.41, 5.74) is 0.0522. The Morgan fingerprint density at radius 1 is 1.07 bits per heavy atom. The summed E-state index contributed by atoms with van der Waals surface area (Å²) in [7, 11) is 0. The van der Waals surface area contributed by atoms with Gasteiger partial charge in [-0.25, -0.2) is 9.97 Å². The van der Waals surface area contributed by atoms with E-state index in [4.69, 9.17) is 0 Å². The molecule has 3 saturated heterocycles. The Morgan fingerprint density at radius 3 is 2.50 bits per heavy atom. The Bertz CT molecular complexity index is 918. The van der Waals surface area contributed by atoms with E-state index >= 15 is 0 Å². The van der Waals surface area contributed by atoms with Crippen LogP contribution in [0, 0.1) is 0 Å². The molecular weight excluding hydrogens is 371 g/mol. The van der Waals surface area contributed by atoms with Crippen LogP contribution in [0.1, 0.15) is 46.9 Å². The van der Waals surface area contributed by atoms with Crippen LogP contribution in [-0.4, -0.2) is 50.9 Å². The van der Waals surface area contributed by atoms with Crippen molar-refractivity contribution in [2.75, 3.05) is 18.0 Å². The number of piperidine rings is 1. The molecule has 0 spiro atoms. The number of fused-ring (bicyclic) bond motifs is 2. The third kappa shape index (κ3) is 2.98. The van der Waals surface area contributed by atoms with Crippen molar-refractivity contribution in [1.82, 2.24) is 19.9 Å². The molecule has 2 bridgehead atoms. The molecule has 0 N–H and O–H groups in total. The number of piperazine rings is 1. The quantitative estimate of drug-likeness (QED) is 0.808. The van der Waals surface area contributed by atoms with Gasteiger partial charge in [-0.3, -0.25) is 9.78 Å². The Labute approximate surface area is 159 Å². The molecule has 1 aliphatic carbocycles. The first kappa shape index (κ1) is 17.4. The van der Waals surface area contributed by atoms with Crippen LogP contribution >= 0.6 is 0 Å². The van der Waals surface area contributed by atoms with Gasteiger partial charge in [0.15, 0.2) is 0 Å². The number of hydrogen-bond donors (Lipinski definition) is 0. The first-order valence-electron chi connectivity index (χ1n) is 9.33. The van der Waals surface area contributed by atoms with Gasteiger partial charge in [-0.2, -0.15) is 13.2 Å². The highest BCUT2D eigenvalue weighted by Crippen LogP contribution is 2.40. The van der Waals surface area contributed by atoms with E-state index in [-0.39, 0.29) is 23.6 Å². The predicted molar refractivity (Wildman–Crippen MR) is 93.8 cm³/mol. The van der Waals surface area contributed by atoms with E-state index in [1.54, 1.807) is 11.2 Å². The molecule has 5 heterocycles. The SMILES string of the molecule is O=C(c1ccnc(C(F)(F)F)c1)N1C2CC1CN(c1cc(C3CC3)ncn1)C2. The van der Waals surface area contributed by atoms with Gasteiger partial charge < -0.3 is 9.80 Å². The lowest BCUT2D eigenvalue weighted by atomic mass is 9.86. The van der Waals surface area contributed by atoms with Crippen LogP contribution in [0.4, 0.5) is 19.0 Å². The van der Waals surface area contributed by atoms with Gasteiger partial charge in [0.2, 0.25) is 0 Å². The molecule has 2 aromatic rings. The number of pyridine rings is 1. The smallest absolute Gasteiger partial charge is 0.352 e. The second-order valence-corrected chi connectivity index (χ2v) is 7.66. The van der Waals surface area contributed by atoms with Gasteiger partial charge in [-0.1, -0.05) is 0 Å². The minimum absolute atomic E-state index is 0.0203. The Kier molecular flexibility index (Phi) is 3.82. The fraction of sp³-hybridized carbons (Fsp3) is 0.474. The van der Waals surface area contributed by atoms with E-state index < -0.39 is 11.9 Å². The number of amides is 1. The van der Waals surface area contributed by atoms with Gasteiger partial charge in [0, 0.05) is 42.5 Å². The third-order valence-electron chi connectivity index (χ3n) is 5.72. The summed E-state index contributed by atoms with van der Waals surface area (Å²) in [5, 5.41) is 0. The summed E-state index contributed by atoms with van der Waals surface area (Å²) < 4.78 is 38.7. The average molecular weight is 389 g/mol. The van der Waals surface area contributed by atoms with E-state index in [0.29, 0.717) is 19.0 Å². The summed E-state index contributed by atoms with van der Waals surface area (Å²) >= 11 is 0. The maximum absolute atomic E-state index is 12.9. The molecule has 2 unspecified atom stereocenters. The van der Waals surface area contributed by atoms with Gasteiger partial charge in [0.25, 0.3) is 5.91 Å². The van der Waals surface area contributed by atoms with Crippen molar-refractivity contribution in [3.63, 3.8) is 0 Å². The van der Waals surface area contributed by atoms with Crippen molar-refractivity contribution in [2.24, 2.45) is 0 Å². The molecule has 0 aromatic carbocycles. The number of halogens is 3. The van der Waals surface area contributed by atoms with Crippen molar-refractivity contribution in [3.05, 3.63) is 47.7 Å². The van der Waals surface area contributed by atoms with Crippen LogP contribution in [-0.2, 0) is 6.18 Å². The zero-order valence-electron chi connectivity index (χ0n) is 14.9. The summed E-state index contributed by atoms with van der Waals surface area (Å²) in [6.07, 6.45) is 1.25. The van der Waals surface area contributed by atoms with Crippen LogP contribution in [0.2, 0.25) is 0 Å². The van der Waals surface area contributed by atoms with Gasteiger partial charge in [0.05, 0.1) is 12.1 Å². The van der Waals surface area contributed by atoms with Crippen molar-refractivity contribution in [1.29, 1.82) is 0 Å². The standard InChI is InChI=1S/C19H18F3N5O/c20-19(21,22)16-5-12(3-4-23-16)18(28)27-13-6-14(27)9-26(8-13)17-7-15(11-1-2-11)24-10-25-17/h3-5,7,10-11,13-14H,1-2,6,8-9H2. The van der Waals surface area contributed by atoms with Crippen molar-refractivity contribution < 1.29 is 18.0 Å². The monoisotopic (exact) mass is 389 g/mol. The topological polar surface area (TPSA) is 62.2 Å². The zero-order valence-corrected chi connectivity index (χ0v) is 14.9. The number of aromatic nitrogens is 3.